The first-order valence-corrected chi connectivity index (χ1v) is 9.18. The number of rotatable bonds is 7. The number of ether oxygens (including phenoxy) is 1. The number of nitrogens with one attached hydrogen (secondary N) is 2. The first kappa shape index (κ1) is 23.6. The van der Waals surface area contributed by atoms with E-state index in [0.29, 0.717) is 23.9 Å². The zero-order valence-electron chi connectivity index (χ0n) is 16.5. The molecule has 1 atom stereocenters. The zero-order valence-corrected chi connectivity index (χ0v) is 19.6. The molecule has 0 radical (unpaired) electrons. The lowest BCUT2D eigenvalue weighted by molar-refractivity contribution is 0.199. The molecule has 0 saturated heterocycles. The molecule has 0 aliphatic heterocycles. The zero-order chi connectivity index (χ0) is 19.1. The van der Waals surface area contributed by atoms with Gasteiger partial charge in [-0.1, -0.05) is 30.7 Å². The number of aryl methyl sites for hydroxylation is 2. The van der Waals surface area contributed by atoms with Crippen molar-refractivity contribution in [3.8, 4) is 5.75 Å². The summed E-state index contributed by atoms with van der Waals surface area (Å²) in [5.41, 5.74) is 3.37. The number of aliphatic imine (C=N–C) groups is 1. The van der Waals surface area contributed by atoms with Crippen LogP contribution in [0.25, 0.3) is 0 Å². The molecule has 150 valence electrons. The number of guanidine groups is 1. The second-order valence-corrected chi connectivity index (χ2v) is 6.57. The summed E-state index contributed by atoms with van der Waals surface area (Å²) >= 11 is 6.18. The monoisotopic (exact) mass is 505 g/mol. The van der Waals surface area contributed by atoms with Gasteiger partial charge in [0.25, 0.3) is 0 Å². The summed E-state index contributed by atoms with van der Waals surface area (Å²) in [7, 11) is 3.71. The van der Waals surface area contributed by atoms with E-state index in [0.717, 1.165) is 23.8 Å². The Morgan fingerprint density at radius 2 is 2.00 bits per heavy atom. The van der Waals surface area contributed by atoms with Crippen LogP contribution < -0.4 is 15.4 Å². The first-order valence-electron chi connectivity index (χ1n) is 8.81. The van der Waals surface area contributed by atoms with Gasteiger partial charge < -0.3 is 15.4 Å². The molecular formula is C19H29ClIN5O. The molecule has 0 spiro atoms. The van der Waals surface area contributed by atoms with Crippen molar-refractivity contribution in [2.75, 3.05) is 13.6 Å². The van der Waals surface area contributed by atoms with Crippen molar-refractivity contribution < 1.29 is 4.74 Å². The second kappa shape index (κ2) is 11.4. The number of para-hydroxylation sites is 1. The predicted octanol–water partition coefficient (Wildman–Crippen LogP) is 3.83. The standard InChI is InChI=1S/C19H28ClN5O.HI/c1-6-15(26-18-10-8-7-9-17(18)20)11-22-19(21-4)23-12-16-13(2)24-25(5)14(16)3;/h7-10,15H,6,11-12H2,1-5H3,(H2,21,22,23);1H. The average molecular weight is 506 g/mol. The molecular weight excluding hydrogens is 477 g/mol. The molecule has 1 unspecified atom stereocenters. The molecule has 0 aliphatic carbocycles. The number of benzene rings is 1. The van der Waals surface area contributed by atoms with Crippen LogP contribution in [0.2, 0.25) is 5.02 Å². The van der Waals surface area contributed by atoms with E-state index in [-0.39, 0.29) is 30.1 Å². The van der Waals surface area contributed by atoms with Crippen LogP contribution in [-0.4, -0.2) is 35.4 Å². The molecule has 2 rings (SSSR count). The van der Waals surface area contributed by atoms with Crippen LogP contribution >= 0.6 is 35.6 Å². The molecule has 0 fully saturated rings. The Morgan fingerprint density at radius 3 is 2.56 bits per heavy atom. The van der Waals surface area contributed by atoms with Gasteiger partial charge in [-0.25, -0.2) is 0 Å². The first-order chi connectivity index (χ1) is 12.5. The largest absolute Gasteiger partial charge is 0.487 e. The quantitative estimate of drug-likeness (QED) is 0.341. The van der Waals surface area contributed by atoms with E-state index >= 15 is 0 Å². The molecule has 8 heteroatoms. The Bertz CT molecular complexity index is 763. The Hall–Kier alpha value is -1.48. The maximum absolute atomic E-state index is 6.18. The Kier molecular flexibility index (Phi) is 9.93. The topological polar surface area (TPSA) is 63.5 Å². The van der Waals surface area contributed by atoms with Crippen LogP contribution in [0.5, 0.6) is 5.75 Å². The maximum Gasteiger partial charge on any atom is 0.191 e. The van der Waals surface area contributed by atoms with E-state index < -0.39 is 0 Å². The van der Waals surface area contributed by atoms with Crippen molar-refractivity contribution in [3.05, 3.63) is 46.2 Å². The molecule has 1 aromatic carbocycles. The normalized spacial score (nSPS) is 12.3. The summed E-state index contributed by atoms with van der Waals surface area (Å²) in [5, 5.41) is 11.7. The highest BCUT2D eigenvalue weighted by molar-refractivity contribution is 14.0. The lowest BCUT2D eigenvalue weighted by Gasteiger charge is -2.20. The van der Waals surface area contributed by atoms with Gasteiger partial charge in [0.2, 0.25) is 0 Å². The van der Waals surface area contributed by atoms with E-state index in [2.05, 4.69) is 34.6 Å². The van der Waals surface area contributed by atoms with Crippen molar-refractivity contribution in [2.24, 2.45) is 12.0 Å². The minimum atomic E-state index is -0.00434. The van der Waals surface area contributed by atoms with Gasteiger partial charge in [-0.2, -0.15) is 5.10 Å². The van der Waals surface area contributed by atoms with Gasteiger partial charge in [0.1, 0.15) is 11.9 Å². The van der Waals surface area contributed by atoms with Crippen LogP contribution in [0.3, 0.4) is 0 Å². The third kappa shape index (κ3) is 6.57. The lowest BCUT2D eigenvalue weighted by Crippen LogP contribution is -2.42. The summed E-state index contributed by atoms with van der Waals surface area (Å²) in [6.07, 6.45) is 0.853. The number of aromatic nitrogens is 2. The van der Waals surface area contributed by atoms with Crippen LogP contribution in [0.1, 0.15) is 30.3 Å². The van der Waals surface area contributed by atoms with Crippen molar-refractivity contribution >= 4 is 41.5 Å². The molecule has 0 bridgehead atoms. The molecule has 2 N–H and O–H groups in total. The Labute approximate surface area is 183 Å². The van der Waals surface area contributed by atoms with Crippen LogP contribution in [0, 0.1) is 13.8 Å². The van der Waals surface area contributed by atoms with E-state index in [4.69, 9.17) is 16.3 Å². The van der Waals surface area contributed by atoms with Crippen LogP contribution in [-0.2, 0) is 13.6 Å². The van der Waals surface area contributed by atoms with Gasteiger partial charge in [0.15, 0.2) is 5.96 Å². The molecule has 2 aromatic rings. The second-order valence-electron chi connectivity index (χ2n) is 6.16. The molecule has 0 amide bonds. The van der Waals surface area contributed by atoms with Crippen LogP contribution in [0.15, 0.2) is 29.3 Å². The number of hydrogen-bond acceptors (Lipinski definition) is 3. The number of nitrogens with zero attached hydrogens (tertiary/aromatic N) is 3. The third-order valence-corrected chi connectivity index (χ3v) is 4.71. The van der Waals surface area contributed by atoms with Crippen molar-refractivity contribution in [3.63, 3.8) is 0 Å². The lowest BCUT2D eigenvalue weighted by atomic mass is 10.2. The molecule has 0 saturated carbocycles. The van der Waals surface area contributed by atoms with Crippen molar-refractivity contribution in [1.29, 1.82) is 0 Å². The molecule has 1 heterocycles. The summed E-state index contributed by atoms with van der Waals surface area (Å²) in [6, 6.07) is 7.52. The highest BCUT2D eigenvalue weighted by Crippen LogP contribution is 2.24. The van der Waals surface area contributed by atoms with Crippen molar-refractivity contribution in [1.82, 2.24) is 20.4 Å². The summed E-state index contributed by atoms with van der Waals surface area (Å²) < 4.78 is 7.90. The third-order valence-electron chi connectivity index (χ3n) is 4.40. The summed E-state index contributed by atoms with van der Waals surface area (Å²) in [6.45, 7) is 7.48. The van der Waals surface area contributed by atoms with E-state index in [1.807, 2.05) is 42.9 Å². The maximum atomic E-state index is 6.18. The minimum absolute atomic E-state index is 0. The highest BCUT2D eigenvalue weighted by Gasteiger charge is 2.13. The Balaban J connectivity index is 0.00000364. The molecule has 1 aromatic heterocycles. The molecule has 27 heavy (non-hydrogen) atoms. The predicted molar refractivity (Wildman–Crippen MR) is 122 cm³/mol. The smallest absolute Gasteiger partial charge is 0.191 e. The van der Waals surface area contributed by atoms with Gasteiger partial charge in [-0.15, -0.1) is 24.0 Å². The SMILES string of the molecule is CCC(CNC(=NC)NCc1c(C)nn(C)c1C)Oc1ccccc1Cl.I. The minimum Gasteiger partial charge on any atom is -0.487 e. The van der Waals surface area contributed by atoms with Gasteiger partial charge in [0.05, 0.1) is 17.3 Å². The van der Waals surface area contributed by atoms with Gasteiger partial charge in [0, 0.05) is 31.9 Å². The van der Waals surface area contributed by atoms with Crippen molar-refractivity contribution in [2.45, 2.75) is 39.8 Å². The molecule has 6 nitrogen and oxygen atoms in total. The molecule has 0 aliphatic rings. The highest BCUT2D eigenvalue weighted by atomic mass is 127. The van der Waals surface area contributed by atoms with E-state index in [9.17, 15) is 0 Å². The van der Waals surface area contributed by atoms with Gasteiger partial charge in [-0.05, 0) is 32.4 Å². The summed E-state index contributed by atoms with van der Waals surface area (Å²) in [4.78, 5) is 4.29. The van der Waals surface area contributed by atoms with Gasteiger partial charge in [-0.3, -0.25) is 9.67 Å². The van der Waals surface area contributed by atoms with Crippen LogP contribution in [0.4, 0.5) is 0 Å². The fourth-order valence-electron chi connectivity index (χ4n) is 2.67. The Morgan fingerprint density at radius 1 is 1.30 bits per heavy atom. The fourth-order valence-corrected chi connectivity index (χ4v) is 2.85. The number of halogens is 2. The van der Waals surface area contributed by atoms with Gasteiger partial charge >= 0.3 is 0 Å². The fraction of sp³-hybridized carbons (Fsp3) is 0.474. The average Bonchev–Trinajstić information content (AvgIpc) is 2.87. The summed E-state index contributed by atoms with van der Waals surface area (Å²) in [5.74, 6) is 1.43. The van der Waals surface area contributed by atoms with E-state index in [1.165, 1.54) is 5.56 Å². The van der Waals surface area contributed by atoms with E-state index in [1.54, 1.807) is 7.05 Å². The number of hydrogen-bond donors (Lipinski definition) is 2.